The lowest BCUT2D eigenvalue weighted by Gasteiger charge is -2.09. The standard InChI is InChI=1S/C72H70N4O2S8/c1-7-11-13-15-17-19-33-79-71-73-69(77)63(85-71)37-45-23-27-49-51-29-25-47(39-57(51)75(9-3)55(49)35-45)61-41-53-65(59-31-21-43(5)81-59)68-54(66(67(53)83-61)60-32-22-44(6)82-60)42-62(84-68)48-26-30-52-50-28-24-46(36-56(50)76(10-4)58(52)40-48)38-64-70(78)74-72(86-64)80-34-20-18-16-14-12-8-2/h21-32,35-42H,7-20,33-34H2,1-6H3/b63-37-,64-38-. The number of carbonyl (C=O) groups is 2. The van der Waals surface area contributed by atoms with Gasteiger partial charge in [0.15, 0.2) is 0 Å². The largest absolute Gasteiger partial charge is 0.341 e. The minimum absolute atomic E-state index is 0.130. The molecule has 438 valence electrons. The van der Waals surface area contributed by atoms with E-state index in [4.69, 9.17) is 0 Å². The monoisotopic (exact) mass is 1280 g/mol. The second kappa shape index (κ2) is 26.3. The van der Waals surface area contributed by atoms with Gasteiger partial charge in [0.1, 0.15) is 8.75 Å². The molecule has 0 N–H and O–H groups in total. The molecule has 0 atom stereocenters. The first-order chi connectivity index (χ1) is 42.1. The number of hydrogen-bond acceptors (Lipinski definition) is 10. The number of hydrogen-bond donors (Lipinski definition) is 0. The third-order valence-electron chi connectivity index (χ3n) is 16.7. The summed E-state index contributed by atoms with van der Waals surface area (Å²) in [7, 11) is 0. The fourth-order valence-corrected chi connectivity index (χ4v) is 21.0. The molecule has 0 radical (unpaired) electrons. The van der Waals surface area contributed by atoms with Crippen LogP contribution in [0.3, 0.4) is 0 Å². The molecule has 13 rings (SSSR count). The molecule has 0 saturated carbocycles. The molecule has 86 heavy (non-hydrogen) atoms. The predicted octanol–water partition coefficient (Wildman–Crippen LogP) is 23.9. The van der Waals surface area contributed by atoms with Gasteiger partial charge in [-0.1, -0.05) is 174 Å². The van der Waals surface area contributed by atoms with Crippen molar-refractivity contribution in [3.05, 3.63) is 140 Å². The first-order valence-corrected chi connectivity index (χ1v) is 37.5. The average Bonchev–Trinajstić information content (AvgIpc) is 1.71. The van der Waals surface area contributed by atoms with Gasteiger partial charge in [0.25, 0.3) is 11.8 Å². The first-order valence-electron chi connectivity index (χ1n) is 30.7. The van der Waals surface area contributed by atoms with Gasteiger partial charge < -0.3 is 9.13 Å². The summed E-state index contributed by atoms with van der Waals surface area (Å²) in [6.45, 7) is 15.1. The number of unbranched alkanes of at least 4 members (excludes halogenated alkanes) is 10. The quantitative estimate of drug-likeness (QED) is 0.0497. The lowest BCUT2D eigenvalue weighted by atomic mass is 9.98. The summed E-state index contributed by atoms with van der Waals surface area (Å²) >= 11 is 14.1. The van der Waals surface area contributed by atoms with E-state index in [2.05, 4.69) is 170 Å². The molecule has 2 aliphatic rings. The van der Waals surface area contributed by atoms with E-state index in [1.54, 1.807) is 23.5 Å². The van der Waals surface area contributed by atoms with Gasteiger partial charge in [-0.2, -0.15) is 9.98 Å². The van der Waals surface area contributed by atoms with Crippen molar-refractivity contribution in [1.29, 1.82) is 0 Å². The van der Waals surface area contributed by atoms with Crippen molar-refractivity contribution in [2.75, 3.05) is 11.5 Å². The maximum atomic E-state index is 13.2. The Labute approximate surface area is 537 Å². The summed E-state index contributed by atoms with van der Waals surface area (Å²) in [6.07, 6.45) is 19.2. The van der Waals surface area contributed by atoms with Gasteiger partial charge in [-0.3, -0.25) is 9.59 Å². The summed E-state index contributed by atoms with van der Waals surface area (Å²) in [5.41, 5.74) is 11.9. The Morgan fingerprint density at radius 2 is 0.814 bits per heavy atom. The number of thioether (sulfide) groups is 4. The Hall–Kier alpha value is -5.42. The molecule has 0 aliphatic carbocycles. The van der Waals surface area contributed by atoms with Gasteiger partial charge >= 0.3 is 0 Å². The number of carbonyl (C=O) groups excluding carboxylic acids is 2. The normalized spacial score (nSPS) is 14.9. The minimum atomic E-state index is -0.130. The van der Waals surface area contributed by atoms with E-state index in [1.165, 1.54) is 203 Å². The molecule has 14 heteroatoms. The van der Waals surface area contributed by atoms with Gasteiger partial charge in [-0.05, 0) is 136 Å². The number of fused-ring (bicyclic) bond motifs is 8. The molecule has 0 unspecified atom stereocenters. The summed E-state index contributed by atoms with van der Waals surface area (Å²) in [4.78, 5) is 44.3. The number of benzene rings is 5. The molecule has 2 aliphatic heterocycles. The Bertz CT molecular complexity index is 4230. The van der Waals surface area contributed by atoms with E-state index >= 15 is 0 Å². The van der Waals surface area contributed by atoms with Crippen molar-refractivity contribution in [1.82, 2.24) is 9.13 Å². The van der Waals surface area contributed by atoms with Gasteiger partial charge in [-0.25, -0.2) is 0 Å². The molecular weight excluding hydrogens is 1210 g/mol. The highest BCUT2D eigenvalue weighted by molar-refractivity contribution is 8.41. The Kier molecular flexibility index (Phi) is 18.2. The maximum Gasteiger partial charge on any atom is 0.285 e. The fraction of sp³-hybridized carbons (Fsp3) is 0.306. The number of aryl methyl sites for hydroxylation is 4. The Morgan fingerprint density at radius 3 is 1.21 bits per heavy atom. The zero-order valence-corrected chi connectivity index (χ0v) is 56.3. The predicted molar refractivity (Wildman–Crippen MR) is 389 cm³/mol. The summed E-state index contributed by atoms with van der Waals surface area (Å²) in [5, 5.41) is 7.51. The van der Waals surface area contributed by atoms with Crippen LogP contribution in [-0.2, 0) is 22.7 Å². The molecule has 5 aromatic carbocycles. The van der Waals surface area contributed by atoms with E-state index in [-0.39, 0.29) is 11.8 Å². The molecule has 0 fully saturated rings. The number of aliphatic imine (C=N–C) groups is 2. The number of aromatic nitrogens is 2. The van der Waals surface area contributed by atoms with E-state index in [9.17, 15) is 9.59 Å². The van der Waals surface area contributed by atoms with Crippen LogP contribution in [0.4, 0.5) is 0 Å². The Morgan fingerprint density at radius 1 is 0.419 bits per heavy atom. The topological polar surface area (TPSA) is 68.7 Å². The van der Waals surface area contributed by atoms with E-state index in [0.717, 1.165) is 57.3 Å². The third kappa shape index (κ3) is 12.0. The van der Waals surface area contributed by atoms with Gasteiger partial charge in [0, 0.05) is 129 Å². The van der Waals surface area contributed by atoms with Crippen LogP contribution in [0.15, 0.2) is 129 Å². The molecule has 11 aromatic rings. The van der Waals surface area contributed by atoms with Crippen molar-refractivity contribution in [3.8, 4) is 41.8 Å². The van der Waals surface area contributed by atoms with Crippen molar-refractivity contribution in [3.63, 3.8) is 0 Å². The fourth-order valence-electron chi connectivity index (χ4n) is 12.4. The van der Waals surface area contributed by atoms with Crippen molar-refractivity contribution in [2.45, 2.75) is 132 Å². The molecule has 6 nitrogen and oxygen atoms in total. The zero-order chi connectivity index (χ0) is 59.0. The molecule has 6 aromatic heterocycles. The zero-order valence-electron chi connectivity index (χ0n) is 49.7. The van der Waals surface area contributed by atoms with Crippen LogP contribution in [0.1, 0.15) is 126 Å². The van der Waals surface area contributed by atoms with Crippen LogP contribution in [0.25, 0.3) is 118 Å². The van der Waals surface area contributed by atoms with Gasteiger partial charge in [0.2, 0.25) is 0 Å². The average molecular weight is 1280 g/mol. The Balaban J connectivity index is 0.834. The second-order valence-corrected chi connectivity index (χ2v) is 32.0. The van der Waals surface area contributed by atoms with E-state index in [1.807, 2.05) is 57.5 Å². The molecule has 0 bridgehead atoms. The van der Waals surface area contributed by atoms with Crippen LogP contribution < -0.4 is 0 Å². The van der Waals surface area contributed by atoms with E-state index in [0.29, 0.717) is 9.81 Å². The number of nitrogens with zero attached hydrogens (tertiary/aromatic N) is 4. The van der Waals surface area contributed by atoms with Gasteiger partial charge in [-0.15, -0.1) is 45.3 Å². The number of amides is 2. The first kappa shape index (κ1) is 59.5. The van der Waals surface area contributed by atoms with Crippen molar-refractivity contribution in [2.24, 2.45) is 9.98 Å². The maximum absolute atomic E-state index is 13.2. The number of thiophene rings is 4. The highest BCUT2D eigenvalue weighted by Gasteiger charge is 2.27. The lowest BCUT2D eigenvalue weighted by molar-refractivity contribution is -0.114. The minimum Gasteiger partial charge on any atom is -0.341 e. The van der Waals surface area contributed by atoms with Crippen LogP contribution in [-0.4, -0.2) is 41.2 Å². The number of rotatable bonds is 22. The highest BCUT2D eigenvalue weighted by Crippen LogP contribution is 2.55. The molecule has 8 heterocycles. The smallest absolute Gasteiger partial charge is 0.285 e. The van der Waals surface area contributed by atoms with Crippen LogP contribution in [0, 0.1) is 13.8 Å². The van der Waals surface area contributed by atoms with Gasteiger partial charge in [0.05, 0.1) is 9.81 Å². The van der Waals surface area contributed by atoms with E-state index < -0.39 is 0 Å². The lowest BCUT2D eigenvalue weighted by Crippen LogP contribution is -1.93. The van der Waals surface area contributed by atoms with Crippen molar-refractivity contribution < 1.29 is 9.59 Å². The highest BCUT2D eigenvalue weighted by atomic mass is 32.2. The summed E-state index contributed by atoms with van der Waals surface area (Å²) in [5.74, 6) is 1.75. The summed E-state index contributed by atoms with van der Waals surface area (Å²) < 4.78 is 9.27. The van der Waals surface area contributed by atoms with Crippen LogP contribution in [0.5, 0.6) is 0 Å². The summed E-state index contributed by atoms with van der Waals surface area (Å²) in [6, 6.07) is 41.6. The molecule has 0 saturated heterocycles. The molecule has 0 spiro atoms. The SMILES string of the molecule is CCCCCCCCSC1=NC(=O)/C(=C/c2ccc3c4ccc(-c5cc6c(-c7ccc(C)s7)c7sc(-c8ccc9c%10ccc(/C=C%11\SC(SCCCCCCCC)=NC%11=O)cc%10n(CC)c9c8)cc7c(-c7ccc(C)s7)c6s5)cc4n(CC)c3c2)S1. The van der Waals surface area contributed by atoms with Crippen molar-refractivity contribution >= 4 is 189 Å². The van der Waals surface area contributed by atoms with Crippen LogP contribution in [0.2, 0.25) is 0 Å². The van der Waals surface area contributed by atoms with Crippen LogP contribution >= 0.6 is 92.4 Å². The molecular formula is C72H70N4O2S8. The third-order valence-corrected chi connectivity index (χ3v) is 25.5. The molecule has 2 amide bonds. The second-order valence-electron chi connectivity index (χ2n) is 22.6.